The summed E-state index contributed by atoms with van der Waals surface area (Å²) in [7, 11) is 0. The Balaban J connectivity index is 2.37. The van der Waals surface area contributed by atoms with Crippen molar-refractivity contribution in [2.24, 2.45) is 5.73 Å². The van der Waals surface area contributed by atoms with Gasteiger partial charge in [-0.3, -0.25) is 5.10 Å². The normalized spacial score (nSPS) is 12.7. The summed E-state index contributed by atoms with van der Waals surface area (Å²) in [4.78, 5) is 12.5. The molecule has 2 aromatic heterocycles. The highest BCUT2D eigenvalue weighted by atomic mass is 15.2. The van der Waals surface area contributed by atoms with E-state index in [9.17, 15) is 0 Å². The van der Waals surface area contributed by atoms with Gasteiger partial charge in [-0.1, -0.05) is 0 Å². The number of hydrogen-bond acceptors (Lipinski definition) is 5. The Hall–Kier alpha value is -1.82. The van der Waals surface area contributed by atoms with Gasteiger partial charge in [0.05, 0.1) is 6.04 Å². The molecule has 2 heterocycles. The van der Waals surface area contributed by atoms with Crippen LogP contribution in [0, 0.1) is 6.92 Å². The van der Waals surface area contributed by atoms with E-state index in [1.807, 2.05) is 13.8 Å². The quantitative estimate of drug-likeness (QED) is 0.746. The Labute approximate surface area is 87.0 Å². The molecule has 0 amide bonds. The monoisotopic (exact) mass is 204 g/mol. The molecule has 15 heavy (non-hydrogen) atoms. The number of aromatic amines is 1. The van der Waals surface area contributed by atoms with E-state index >= 15 is 0 Å². The lowest BCUT2D eigenvalue weighted by molar-refractivity contribution is 0.745. The third-order valence-corrected chi connectivity index (χ3v) is 1.94. The zero-order valence-corrected chi connectivity index (χ0v) is 8.60. The van der Waals surface area contributed by atoms with Crippen LogP contribution in [-0.2, 0) is 0 Å². The van der Waals surface area contributed by atoms with Crippen LogP contribution in [0.5, 0.6) is 0 Å². The first-order chi connectivity index (χ1) is 7.16. The number of rotatable bonds is 2. The van der Waals surface area contributed by atoms with Crippen molar-refractivity contribution in [2.75, 3.05) is 0 Å². The Bertz CT molecular complexity index is 461. The van der Waals surface area contributed by atoms with Crippen molar-refractivity contribution in [1.82, 2.24) is 25.1 Å². The fourth-order valence-corrected chi connectivity index (χ4v) is 1.17. The van der Waals surface area contributed by atoms with E-state index in [1.165, 1.54) is 0 Å². The molecule has 3 N–H and O–H groups in total. The van der Waals surface area contributed by atoms with Gasteiger partial charge in [0.15, 0.2) is 5.82 Å². The first-order valence-corrected chi connectivity index (χ1v) is 4.64. The van der Waals surface area contributed by atoms with Crippen LogP contribution in [0.4, 0.5) is 0 Å². The van der Waals surface area contributed by atoms with E-state index in [4.69, 9.17) is 5.73 Å². The van der Waals surface area contributed by atoms with Crippen molar-refractivity contribution in [3.63, 3.8) is 0 Å². The lowest BCUT2D eigenvalue weighted by Gasteiger charge is -1.96. The molecule has 0 fully saturated rings. The van der Waals surface area contributed by atoms with Crippen LogP contribution in [0.1, 0.15) is 24.6 Å². The van der Waals surface area contributed by atoms with Gasteiger partial charge < -0.3 is 5.73 Å². The number of nitrogens with one attached hydrogen (secondary N) is 1. The average Bonchev–Trinajstić information content (AvgIpc) is 2.66. The van der Waals surface area contributed by atoms with Gasteiger partial charge in [-0.05, 0) is 19.9 Å². The fourth-order valence-electron chi connectivity index (χ4n) is 1.17. The third kappa shape index (κ3) is 1.99. The second-order valence-electron chi connectivity index (χ2n) is 3.32. The number of aromatic nitrogens is 5. The molecule has 6 nitrogen and oxygen atoms in total. The largest absolute Gasteiger partial charge is 0.322 e. The van der Waals surface area contributed by atoms with E-state index in [1.54, 1.807) is 12.3 Å². The first kappa shape index (κ1) is 9.72. The van der Waals surface area contributed by atoms with Gasteiger partial charge in [0.25, 0.3) is 0 Å². The molecule has 0 aliphatic rings. The number of nitrogens with zero attached hydrogens (tertiary/aromatic N) is 4. The van der Waals surface area contributed by atoms with Crippen molar-refractivity contribution in [3.8, 4) is 11.5 Å². The highest BCUT2D eigenvalue weighted by molar-refractivity contribution is 5.47. The Kier molecular flexibility index (Phi) is 2.42. The minimum absolute atomic E-state index is 0.158. The summed E-state index contributed by atoms with van der Waals surface area (Å²) in [6.45, 7) is 3.66. The fraction of sp³-hybridized carbons (Fsp3) is 0.333. The van der Waals surface area contributed by atoms with Crippen LogP contribution < -0.4 is 5.73 Å². The summed E-state index contributed by atoms with van der Waals surface area (Å²) in [6, 6.07) is 1.61. The standard InChI is InChI=1S/C9H12N6/c1-5(10)8-13-9(15-14-8)7-3-4-11-6(2)12-7/h3-5H,10H2,1-2H3,(H,13,14,15). The highest BCUT2D eigenvalue weighted by Crippen LogP contribution is 2.12. The molecule has 0 spiro atoms. The third-order valence-electron chi connectivity index (χ3n) is 1.94. The van der Waals surface area contributed by atoms with Gasteiger partial charge >= 0.3 is 0 Å². The van der Waals surface area contributed by atoms with Crippen LogP contribution in [0.25, 0.3) is 11.5 Å². The molecule has 0 aliphatic carbocycles. The Morgan fingerprint density at radius 1 is 1.40 bits per heavy atom. The number of nitrogens with two attached hydrogens (primary N) is 1. The Morgan fingerprint density at radius 3 is 2.80 bits per heavy atom. The molecule has 0 aliphatic heterocycles. The van der Waals surface area contributed by atoms with Crippen LogP contribution in [0.15, 0.2) is 12.3 Å². The molecule has 0 saturated carbocycles. The van der Waals surface area contributed by atoms with Crippen molar-refractivity contribution < 1.29 is 0 Å². The van der Waals surface area contributed by atoms with Gasteiger partial charge in [-0.25, -0.2) is 15.0 Å². The van der Waals surface area contributed by atoms with Gasteiger partial charge in [0.2, 0.25) is 0 Å². The molecule has 2 aromatic rings. The Morgan fingerprint density at radius 2 is 2.20 bits per heavy atom. The maximum Gasteiger partial charge on any atom is 0.199 e. The SMILES string of the molecule is Cc1nccc(-c2n[nH]c(C(C)N)n2)n1. The van der Waals surface area contributed by atoms with Crippen LogP contribution >= 0.6 is 0 Å². The number of hydrogen-bond donors (Lipinski definition) is 2. The maximum atomic E-state index is 5.67. The van der Waals surface area contributed by atoms with Crippen molar-refractivity contribution in [2.45, 2.75) is 19.9 Å². The predicted molar refractivity (Wildman–Crippen MR) is 54.7 cm³/mol. The second kappa shape index (κ2) is 3.74. The van der Waals surface area contributed by atoms with E-state index in [-0.39, 0.29) is 6.04 Å². The summed E-state index contributed by atoms with van der Waals surface area (Å²) in [5.41, 5.74) is 6.37. The van der Waals surface area contributed by atoms with Crippen LogP contribution in [0.3, 0.4) is 0 Å². The van der Waals surface area contributed by atoms with Crippen LogP contribution in [-0.4, -0.2) is 25.1 Å². The van der Waals surface area contributed by atoms with Crippen molar-refractivity contribution in [3.05, 3.63) is 23.9 Å². The molecule has 6 heteroatoms. The lowest BCUT2D eigenvalue weighted by Crippen LogP contribution is -2.06. The molecule has 0 saturated heterocycles. The average molecular weight is 204 g/mol. The number of H-pyrrole nitrogens is 1. The molecule has 0 aromatic carbocycles. The summed E-state index contributed by atoms with van der Waals surface area (Å²) in [5, 5.41) is 6.82. The summed E-state index contributed by atoms with van der Waals surface area (Å²) in [5.74, 6) is 1.90. The van der Waals surface area contributed by atoms with E-state index in [0.29, 0.717) is 23.2 Å². The molecule has 1 atom stereocenters. The van der Waals surface area contributed by atoms with Gasteiger partial charge in [-0.2, -0.15) is 5.10 Å². The number of aryl methyl sites for hydroxylation is 1. The molecular weight excluding hydrogens is 192 g/mol. The molecule has 1 unspecified atom stereocenters. The zero-order chi connectivity index (χ0) is 10.8. The molecule has 78 valence electrons. The molecular formula is C9H12N6. The molecule has 0 bridgehead atoms. The summed E-state index contributed by atoms with van der Waals surface area (Å²) in [6.07, 6.45) is 1.68. The smallest absolute Gasteiger partial charge is 0.199 e. The zero-order valence-electron chi connectivity index (χ0n) is 8.60. The molecule has 0 radical (unpaired) electrons. The minimum Gasteiger partial charge on any atom is -0.322 e. The van der Waals surface area contributed by atoms with Gasteiger partial charge in [0.1, 0.15) is 17.3 Å². The lowest BCUT2D eigenvalue weighted by atomic mass is 10.3. The predicted octanol–water partition coefficient (Wildman–Crippen LogP) is 0.590. The van der Waals surface area contributed by atoms with E-state index < -0.39 is 0 Å². The summed E-state index contributed by atoms with van der Waals surface area (Å²) >= 11 is 0. The van der Waals surface area contributed by atoms with Crippen LogP contribution in [0.2, 0.25) is 0 Å². The highest BCUT2D eigenvalue weighted by Gasteiger charge is 2.09. The van der Waals surface area contributed by atoms with Crippen molar-refractivity contribution in [1.29, 1.82) is 0 Å². The topological polar surface area (TPSA) is 93.4 Å². The van der Waals surface area contributed by atoms with Gasteiger partial charge in [0, 0.05) is 6.20 Å². The molecule has 2 rings (SSSR count). The van der Waals surface area contributed by atoms with Crippen molar-refractivity contribution >= 4 is 0 Å². The first-order valence-electron chi connectivity index (χ1n) is 4.64. The minimum atomic E-state index is -0.158. The summed E-state index contributed by atoms with van der Waals surface area (Å²) < 4.78 is 0. The van der Waals surface area contributed by atoms with E-state index in [2.05, 4.69) is 25.1 Å². The van der Waals surface area contributed by atoms with E-state index in [0.717, 1.165) is 0 Å². The second-order valence-corrected chi connectivity index (χ2v) is 3.32. The maximum absolute atomic E-state index is 5.67. The van der Waals surface area contributed by atoms with Gasteiger partial charge in [-0.15, -0.1) is 0 Å².